The first-order valence-electron chi connectivity index (χ1n) is 5.04. The highest BCUT2D eigenvalue weighted by Crippen LogP contribution is 2.14. The Bertz CT molecular complexity index is 381. The lowest BCUT2D eigenvalue weighted by Crippen LogP contribution is -2.35. The predicted octanol–water partition coefficient (Wildman–Crippen LogP) is 1.51. The molecule has 0 amide bonds. The second-order valence-corrected chi connectivity index (χ2v) is 3.42. The van der Waals surface area contributed by atoms with Gasteiger partial charge in [-0.05, 0) is 12.5 Å². The van der Waals surface area contributed by atoms with E-state index in [-0.39, 0.29) is 12.0 Å². The van der Waals surface area contributed by atoms with Gasteiger partial charge >= 0.3 is 5.97 Å². The number of rotatable bonds is 4. The summed E-state index contributed by atoms with van der Waals surface area (Å²) in [6.07, 6.45) is 5.28. The summed E-state index contributed by atoms with van der Waals surface area (Å²) in [5.41, 5.74) is 0.844. The molecule has 0 bridgehead atoms. The number of nitrogens with one attached hydrogen (secondary N) is 1. The van der Waals surface area contributed by atoms with Crippen molar-refractivity contribution < 1.29 is 9.53 Å². The third-order valence-electron chi connectivity index (χ3n) is 2.24. The highest BCUT2D eigenvalue weighted by atomic mass is 16.5. The lowest BCUT2D eigenvalue weighted by molar-refractivity contribution is -0.143. The molecule has 2 unspecified atom stereocenters. The molecule has 0 aliphatic rings. The van der Waals surface area contributed by atoms with Crippen molar-refractivity contribution in [2.45, 2.75) is 19.0 Å². The molecule has 0 saturated carbocycles. The standard InChI is InChI=1S/C13H15NO2/c1-4-10(2)14-12(13(15)16-3)11-8-6-5-7-9-11/h1,5-10,12,14H,2-3H3. The monoisotopic (exact) mass is 217 g/mol. The van der Waals surface area contributed by atoms with E-state index in [1.165, 1.54) is 7.11 Å². The van der Waals surface area contributed by atoms with Gasteiger partial charge in [0.15, 0.2) is 0 Å². The van der Waals surface area contributed by atoms with Gasteiger partial charge in [-0.15, -0.1) is 6.42 Å². The highest BCUT2D eigenvalue weighted by molar-refractivity contribution is 5.77. The van der Waals surface area contributed by atoms with Crippen LogP contribution < -0.4 is 5.32 Å². The van der Waals surface area contributed by atoms with Crippen LogP contribution in [0.5, 0.6) is 0 Å². The van der Waals surface area contributed by atoms with E-state index in [9.17, 15) is 4.79 Å². The van der Waals surface area contributed by atoms with E-state index in [4.69, 9.17) is 11.2 Å². The first-order valence-corrected chi connectivity index (χ1v) is 5.04. The molecule has 3 heteroatoms. The van der Waals surface area contributed by atoms with Crippen LogP contribution in [0.3, 0.4) is 0 Å². The maximum Gasteiger partial charge on any atom is 0.327 e. The smallest absolute Gasteiger partial charge is 0.327 e. The molecule has 0 spiro atoms. The number of terminal acetylenes is 1. The van der Waals surface area contributed by atoms with Crippen molar-refractivity contribution >= 4 is 5.97 Å². The van der Waals surface area contributed by atoms with E-state index >= 15 is 0 Å². The summed E-state index contributed by atoms with van der Waals surface area (Å²) in [5.74, 6) is 2.19. The van der Waals surface area contributed by atoms with Crippen LogP contribution in [0.4, 0.5) is 0 Å². The number of methoxy groups -OCH3 is 1. The number of hydrogen-bond acceptors (Lipinski definition) is 3. The van der Waals surface area contributed by atoms with Crippen LogP contribution >= 0.6 is 0 Å². The van der Waals surface area contributed by atoms with Crippen LogP contribution in [0.25, 0.3) is 0 Å². The number of carbonyl (C=O) groups is 1. The number of ether oxygens (including phenoxy) is 1. The van der Waals surface area contributed by atoms with Gasteiger partial charge in [-0.1, -0.05) is 36.3 Å². The van der Waals surface area contributed by atoms with Gasteiger partial charge in [-0.25, -0.2) is 4.79 Å². The van der Waals surface area contributed by atoms with Crippen molar-refractivity contribution in [3.8, 4) is 12.3 Å². The van der Waals surface area contributed by atoms with Crippen LogP contribution in [-0.4, -0.2) is 19.1 Å². The highest BCUT2D eigenvalue weighted by Gasteiger charge is 2.21. The maximum absolute atomic E-state index is 11.6. The minimum atomic E-state index is -0.516. The minimum Gasteiger partial charge on any atom is -0.468 e. The Morgan fingerprint density at radius 1 is 1.44 bits per heavy atom. The first-order chi connectivity index (χ1) is 7.69. The van der Waals surface area contributed by atoms with Crippen LogP contribution in [0.1, 0.15) is 18.5 Å². The Morgan fingerprint density at radius 2 is 2.06 bits per heavy atom. The molecule has 2 atom stereocenters. The molecule has 1 rings (SSSR count). The van der Waals surface area contributed by atoms with Crippen molar-refractivity contribution in [3.63, 3.8) is 0 Å². The Labute approximate surface area is 95.8 Å². The largest absolute Gasteiger partial charge is 0.468 e. The topological polar surface area (TPSA) is 38.3 Å². The molecule has 1 aromatic carbocycles. The average Bonchev–Trinajstić information content (AvgIpc) is 2.35. The van der Waals surface area contributed by atoms with Crippen LogP contribution in [0.2, 0.25) is 0 Å². The maximum atomic E-state index is 11.6. The molecule has 0 saturated heterocycles. The van der Waals surface area contributed by atoms with E-state index in [0.717, 1.165) is 5.56 Å². The average molecular weight is 217 g/mol. The van der Waals surface area contributed by atoms with E-state index in [0.29, 0.717) is 0 Å². The SMILES string of the molecule is C#CC(C)NC(C(=O)OC)c1ccccc1. The Hall–Kier alpha value is -1.79. The zero-order chi connectivity index (χ0) is 12.0. The normalized spacial score (nSPS) is 13.6. The fourth-order valence-corrected chi connectivity index (χ4v) is 1.36. The second-order valence-electron chi connectivity index (χ2n) is 3.42. The van der Waals surface area contributed by atoms with Gasteiger partial charge in [0.05, 0.1) is 13.2 Å². The quantitative estimate of drug-likeness (QED) is 0.613. The number of benzene rings is 1. The summed E-state index contributed by atoms with van der Waals surface area (Å²) in [7, 11) is 1.36. The molecule has 3 nitrogen and oxygen atoms in total. The zero-order valence-corrected chi connectivity index (χ0v) is 9.44. The summed E-state index contributed by atoms with van der Waals surface area (Å²) >= 11 is 0. The molecule has 0 aliphatic heterocycles. The van der Waals surface area contributed by atoms with Gasteiger partial charge in [0.25, 0.3) is 0 Å². The summed E-state index contributed by atoms with van der Waals surface area (Å²) in [5, 5.41) is 3.02. The lowest BCUT2D eigenvalue weighted by Gasteiger charge is -2.18. The van der Waals surface area contributed by atoms with E-state index < -0.39 is 6.04 Å². The Balaban J connectivity index is 2.89. The molecule has 1 aromatic rings. The summed E-state index contributed by atoms with van der Waals surface area (Å²) < 4.78 is 4.74. The number of esters is 1. The van der Waals surface area contributed by atoms with Crippen molar-refractivity contribution in [1.82, 2.24) is 5.32 Å². The zero-order valence-electron chi connectivity index (χ0n) is 9.44. The molecule has 0 heterocycles. The number of carbonyl (C=O) groups excluding carboxylic acids is 1. The van der Waals surface area contributed by atoms with Crippen molar-refractivity contribution in [1.29, 1.82) is 0 Å². The predicted molar refractivity (Wildman–Crippen MR) is 62.6 cm³/mol. The molecule has 0 fully saturated rings. The Morgan fingerprint density at radius 3 is 2.56 bits per heavy atom. The minimum absolute atomic E-state index is 0.190. The van der Waals surface area contributed by atoms with Gasteiger partial charge in [-0.2, -0.15) is 0 Å². The third-order valence-corrected chi connectivity index (χ3v) is 2.24. The number of hydrogen-bond donors (Lipinski definition) is 1. The van der Waals surface area contributed by atoms with Gasteiger partial charge in [0, 0.05) is 0 Å². The molecule has 84 valence electrons. The summed E-state index contributed by atoms with van der Waals surface area (Å²) in [4.78, 5) is 11.6. The van der Waals surface area contributed by atoms with Crippen molar-refractivity contribution in [3.05, 3.63) is 35.9 Å². The fraction of sp³-hybridized carbons (Fsp3) is 0.308. The van der Waals surface area contributed by atoms with E-state index in [1.54, 1.807) is 0 Å². The van der Waals surface area contributed by atoms with Gasteiger partial charge in [-0.3, -0.25) is 5.32 Å². The second kappa shape index (κ2) is 5.94. The van der Waals surface area contributed by atoms with Crippen molar-refractivity contribution in [2.24, 2.45) is 0 Å². The fourth-order valence-electron chi connectivity index (χ4n) is 1.36. The van der Waals surface area contributed by atoms with Crippen LogP contribution in [0, 0.1) is 12.3 Å². The summed E-state index contributed by atoms with van der Waals surface area (Å²) in [6, 6.07) is 8.64. The van der Waals surface area contributed by atoms with E-state index in [1.807, 2.05) is 37.3 Å². The van der Waals surface area contributed by atoms with Gasteiger partial charge in [0.1, 0.15) is 6.04 Å². The van der Waals surface area contributed by atoms with Gasteiger partial charge in [0.2, 0.25) is 0 Å². The van der Waals surface area contributed by atoms with Crippen LogP contribution in [0.15, 0.2) is 30.3 Å². The molecule has 0 aromatic heterocycles. The Kier molecular flexibility index (Phi) is 4.56. The molecule has 1 N–H and O–H groups in total. The first kappa shape index (κ1) is 12.3. The van der Waals surface area contributed by atoms with Crippen LogP contribution in [-0.2, 0) is 9.53 Å². The van der Waals surface area contributed by atoms with Gasteiger partial charge < -0.3 is 4.74 Å². The molecule has 16 heavy (non-hydrogen) atoms. The molecular formula is C13H15NO2. The third kappa shape index (κ3) is 3.11. The lowest BCUT2D eigenvalue weighted by atomic mass is 10.1. The van der Waals surface area contributed by atoms with E-state index in [2.05, 4.69) is 11.2 Å². The summed E-state index contributed by atoms with van der Waals surface area (Å²) in [6.45, 7) is 1.82. The molecule has 0 aliphatic carbocycles. The van der Waals surface area contributed by atoms with Crippen molar-refractivity contribution in [2.75, 3.05) is 7.11 Å². The molecule has 0 radical (unpaired) electrons. The molecular weight excluding hydrogens is 202 g/mol.